The Hall–Kier alpha value is -0.320. The summed E-state index contributed by atoms with van der Waals surface area (Å²) in [5.74, 6) is 0.246. The van der Waals surface area contributed by atoms with Crippen LogP contribution in [-0.4, -0.2) is 42.6 Å². The Morgan fingerprint density at radius 3 is 2.60 bits per heavy atom. The fourth-order valence-electron chi connectivity index (χ4n) is 1.51. The predicted molar refractivity (Wildman–Crippen MR) is 62.1 cm³/mol. The zero-order chi connectivity index (χ0) is 10.7. The molecule has 0 bridgehead atoms. The average Bonchev–Trinajstić information content (AvgIpc) is 2.15. The maximum absolute atomic E-state index is 11.8. The highest BCUT2D eigenvalue weighted by molar-refractivity contribution is 5.85. The summed E-state index contributed by atoms with van der Waals surface area (Å²) in [5, 5.41) is 0. The van der Waals surface area contributed by atoms with Gasteiger partial charge in [0.25, 0.3) is 0 Å². The number of morpholine rings is 1. The smallest absolute Gasteiger partial charge is 0.239 e. The van der Waals surface area contributed by atoms with E-state index >= 15 is 0 Å². The number of amides is 1. The Morgan fingerprint density at radius 1 is 1.53 bits per heavy atom. The molecule has 0 spiro atoms. The molecule has 0 saturated carbocycles. The molecule has 0 aromatic rings. The van der Waals surface area contributed by atoms with Crippen molar-refractivity contribution in [3.05, 3.63) is 0 Å². The molecule has 0 aromatic heterocycles. The van der Waals surface area contributed by atoms with Crippen molar-refractivity contribution in [2.45, 2.75) is 32.9 Å². The van der Waals surface area contributed by atoms with E-state index in [1.807, 2.05) is 20.8 Å². The quantitative estimate of drug-likeness (QED) is 0.766. The zero-order valence-electron chi connectivity index (χ0n) is 9.60. The second-order valence-corrected chi connectivity index (χ2v) is 4.24. The first kappa shape index (κ1) is 14.7. The average molecular weight is 237 g/mol. The molecule has 5 heteroatoms. The third kappa shape index (κ3) is 3.97. The summed E-state index contributed by atoms with van der Waals surface area (Å²) in [7, 11) is 0. The molecule has 1 aliphatic heterocycles. The lowest BCUT2D eigenvalue weighted by Gasteiger charge is -2.33. The van der Waals surface area contributed by atoms with Crippen LogP contribution in [0.15, 0.2) is 0 Å². The van der Waals surface area contributed by atoms with Crippen molar-refractivity contribution in [1.82, 2.24) is 4.90 Å². The Balaban J connectivity index is 0.00000196. The molecular weight excluding hydrogens is 216 g/mol. The van der Waals surface area contributed by atoms with Crippen LogP contribution in [0.1, 0.15) is 20.8 Å². The molecule has 1 fully saturated rings. The monoisotopic (exact) mass is 236 g/mol. The van der Waals surface area contributed by atoms with Gasteiger partial charge in [0.15, 0.2) is 0 Å². The molecule has 1 aliphatic rings. The highest BCUT2D eigenvalue weighted by atomic mass is 35.5. The van der Waals surface area contributed by atoms with E-state index < -0.39 is 0 Å². The van der Waals surface area contributed by atoms with Crippen LogP contribution in [0.3, 0.4) is 0 Å². The van der Waals surface area contributed by atoms with Crippen molar-refractivity contribution in [2.24, 2.45) is 11.7 Å². The lowest BCUT2D eigenvalue weighted by molar-refractivity contribution is -0.140. The fourth-order valence-corrected chi connectivity index (χ4v) is 1.51. The number of nitrogens with two attached hydrogens (primary N) is 1. The lowest BCUT2D eigenvalue weighted by atomic mass is 10.0. The first-order chi connectivity index (χ1) is 6.52. The van der Waals surface area contributed by atoms with Gasteiger partial charge in [0, 0.05) is 13.1 Å². The van der Waals surface area contributed by atoms with Gasteiger partial charge in [-0.05, 0) is 12.8 Å². The van der Waals surface area contributed by atoms with Crippen molar-refractivity contribution in [2.75, 3.05) is 19.7 Å². The van der Waals surface area contributed by atoms with Crippen LogP contribution in [0.5, 0.6) is 0 Å². The van der Waals surface area contributed by atoms with Crippen molar-refractivity contribution in [3.63, 3.8) is 0 Å². The molecule has 2 atom stereocenters. The topological polar surface area (TPSA) is 55.6 Å². The Morgan fingerprint density at radius 2 is 2.13 bits per heavy atom. The summed E-state index contributed by atoms with van der Waals surface area (Å²) >= 11 is 0. The maximum Gasteiger partial charge on any atom is 0.239 e. The number of halogens is 1. The van der Waals surface area contributed by atoms with Crippen molar-refractivity contribution < 1.29 is 9.53 Å². The van der Waals surface area contributed by atoms with E-state index in [2.05, 4.69) is 0 Å². The van der Waals surface area contributed by atoms with E-state index in [0.29, 0.717) is 19.7 Å². The van der Waals surface area contributed by atoms with Crippen molar-refractivity contribution in [3.8, 4) is 0 Å². The van der Waals surface area contributed by atoms with Gasteiger partial charge >= 0.3 is 0 Å². The van der Waals surface area contributed by atoms with Crippen LogP contribution in [0.25, 0.3) is 0 Å². The summed E-state index contributed by atoms with van der Waals surface area (Å²) in [4.78, 5) is 13.6. The number of hydrogen-bond acceptors (Lipinski definition) is 3. The van der Waals surface area contributed by atoms with E-state index in [0.717, 1.165) is 0 Å². The summed E-state index contributed by atoms with van der Waals surface area (Å²) < 4.78 is 5.36. The normalized spacial score (nSPS) is 23.5. The van der Waals surface area contributed by atoms with Gasteiger partial charge < -0.3 is 15.4 Å². The first-order valence-corrected chi connectivity index (χ1v) is 5.18. The van der Waals surface area contributed by atoms with Gasteiger partial charge in [-0.1, -0.05) is 13.8 Å². The van der Waals surface area contributed by atoms with Gasteiger partial charge in [-0.2, -0.15) is 0 Å². The largest absolute Gasteiger partial charge is 0.375 e. The Bertz CT molecular complexity index is 212. The van der Waals surface area contributed by atoms with Crippen LogP contribution in [0.4, 0.5) is 0 Å². The number of ether oxygens (including phenoxy) is 1. The van der Waals surface area contributed by atoms with Crippen LogP contribution >= 0.6 is 12.4 Å². The van der Waals surface area contributed by atoms with Gasteiger partial charge in [-0.25, -0.2) is 0 Å². The molecule has 2 unspecified atom stereocenters. The number of hydrogen-bond donors (Lipinski definition) is 1. The number of carbonyl (C=O) groups excluding carboxylic acids is 1. The predicted octanol–water partition coefficient (Wildman–Crippen LogP) is 0.639. The second-order valence-electron chi connectivity index (χ2n) is 4.24. The van der Waals surface area contributed by atoms with Crippen molar-refractivity contribution >= 4 is 18.3 Å². The minimum Gasteiger partial charge on any atom is -0.375 e. The molecule has 1 amide bonds. The molecule has 0 aromatic carbocycles. The van der Waals surface area contributed by atoms with E-state index in [1.165, 1.54) is 0 Å². The van der Waals surface area contributed by atoms with Gasteiger partial charge in [-0.15, -0.1) is 12.4 Å². The Kier molecular flexibility index (Phi) is 6.17. The molecular formula is C10H21ClN2O2. The molecule has 90 valence electrons. The van der Waals surface area contributed by atoms with Gasteiger partial charge in [-0.3, -0.25) is 4.79 Å². The SMILES string of the molecule is CC1CN(C(=O)C(N)C(C)C)CCO1.Cl. The molecule has 0 radical (unpaired) electrons. The minimum absolute atomic E-state index is 0. The first-order valence-electron chi connectivity index (χ1n) is 5.18. The van der Waals surface area contributed by atoms with Crippen molar-refractivity contribution in [1.29, 1.82) is 0 Å². The standard InChI is InChI=1S/C10H20N2O2.ClH/c1-7(2)9(11)10(13)12-4-5-14-8(3)6-12;/h7-9H,4-6,11H2,1-3H3;1H. The van der Waals surface area contributed by atoms with E-state index in [1.54, 1.807) is 4.90 Å². The van der Waals surface area contributed by atoms with Gasteiger partial charge in [0.2, 0.25) is 5.91 Å². The Labute approximate surface area is 97.5 Å². The van der Waals surface area contributed by atoms with Crippen LogP contribution in [0, 0.1) is 5.92 Å². The molecule has 1 rings (SSSR count). The second kappa shape index (κ2) is 6.30. The lowest BCUT2D eigenvalue weighted by Crippen LogP contribution is -2.52. The molecule has 1 saturated heterocycles. The summed E-state index contributed by atoms with van der Waals surface area (Å²) in [6, 6.07) is -0.375. The van der Waals surface area contributed by atoms with Crippen LogP contribution in [0.2, 0.25) is 0 Å². The highest BCUT2D eigenvalue weighted by Gasteiger charge is 2.26. The minimum atomic E-state index is -0.375. The fraction of sp³-hybridized carbons (Fsp3) is 0.900. The molecule has 15 heavy (non-hydrogen) atoms. The van der Waals surface area contributed by atoms with E-state index in [9.17, 15) is 4.79 Å². The van der Waals surface area contributed by atoms with Crippen LogP contribution < -0.4 is 5.73 Å². The molecule has 2 N–H and O–H groups in total. The number of nitrogens with zero attached hydrogens (tertiary/aromatic N) is 1. The third-order valence-electron chi connectivity index (χ3n) is 2.56. The number of rotatable bonds is 2. The van der Waals surface area contributed by atoms with E-state index in [-0.39, 0.29) is 36.4 Å². The summed E-state index contributed by atoms with van der Waals surface area (Å²) in [6.45, 7) is 7.86. The summed E-state index contributed by atoms with van der Waals surface area (Å²) in [5.41, 5.74) is 5.80. The highest BCUT2D eigenvalue weighted by Crippen LogP contribution is 2.09. The molecule has 0 aliphatic carbocycles. The van der Waals surface area contributed by atoms with Gasteiger partial charge in [0.1, 0.15) is 0 Å². The number of carbonyl (C=O) groups is 1. The van der Waals surface area contributed by atoms with E-state index in [4.69, 9.17) is 10.5 Å². The molecule has 4 nitrogen and oxygen atoms in total. The maximum atomic E-state index is 11.8. The molecule has 1 heterocycles. The summed E-state index contributed by atoms with van der Waals surface area (Å²) in [6.07, 6.45) is 0.132. The van der Waals surface area contributed by atoms with Crippen LogP contribution in [-0.2, 0) is 9.53 Å². The van der Waals surface area contributed by atoms with Gasteiger partial charge in [0.05, 0.1) is 18.8 Å². The zero-order valence-corrected chi connectivity index (χ0v) is 10.4. The third-order valence-corrected chi connectivity index (χ3v) is 2.56.